The van der Waals surface area contributed by atoms with Gasteiger partial charge in [0.15, 0.2) is 0 Å². The molecule has 1 atom stereocenters. The lowest BCUT2D eigenvalue weighted by molar-refractivity contribution is -0.384. The monoisotopic (exact) mass is 344 g/mol. The first-order valence-corrected chi connectivity index (χ1v) is 6.45. The topological polar surface area (TPSA) is 101 Å². The summed E-state index contributed by atoms with van der Waals surface area (Å²) in [6.07, 6.45) is 0. The van der Waals surface area contributed by atoms with Crippen LogP contribution in [0.15, 0.2) is 22.7 Å². The van der Waals surface area contributed by atoms with Gasteiger partial charge in [-0.15, -0.1) is 0 Å². The maximum Gasteiger partial charge on any atom is 0.308 e. The highest BCUT2D eigenvalue weighted by Crippen LogP contribution is 2.23. The van der Waals surface area contributed by atoms with E-state index in [-0.39, 0.29) is 17.8 Å². The molecule has 0 aliphatic rings. The predicted octanol–water partition coefficient (Wildman–Crippen LogP) is 2.15. The Morgan fingerprint density at radius 2 is 2.10 bits per heavy atom. The number of carbonyl (C=O) groups is 2. The van der Waals surface area contributed by atoms with Gasteiger partial charge in [-0.05, 0) is 22.0 Å². The summed E-state index contributed by atoms with van der Waals surface area (Å²) in [5.41, 5.74) is -0.0736. The van der Waals surface area contributed by atoms with Crippen molar-refractivity contribution in [3.8, 4) is 0 Å². The molecule has 1 aromatic carbocycles. The zero-order valence-corrected chi connectivity index (χ0v) is 12.5. The maximum atomic E-state index is 12.2. The normalized spacial score (nSPS) is 11.8. The number of rotatable bonds is 5. The fourth-order valence-electron chi connectivity index (χ4n) is 1.57. The van der Waals surface area contributed by atoms with Gasteiger partial charge >= 0.3 is 5.97 Å². The molecule has 0 aliphatic heterocycles. The van der Waals surface area contributed by atoms with Crippen molar-refractivity contribution in [1.29, 1.82) is 0 Å². The van der Waals surface area contributed by atoms with Gasteiger partial charge in [0.25, 0.3) is 11.6 Å². The van der Waals surface area contributed by atoms with Gasteiger partial charge in [-0.3, -0.25) is 19.7 Å². The van der Waals surface area contributed by atoms with Crippen LogP contribution in [0.5, 0.6) is 0 Å². The Bertz CT molecular complexity index is 561. The maximum absolute atomic E-state index is 12.2. The minimum absolute atomic E-state index is 0.0172. The molecule has 20 heavy (non-hydrogen) atoms. The Hall–Kier alpha value is -1.96. The number of hydrogen-bond donors (Lipinski definition) is 1. The van der Waals surface area contributed by atoms with E-state index < -0.39 is 22.7 Å². The van der Waals surface area contributed by atoms with Gasteiger partial charge in [0, 0.05) is 30.2 Å². The van der Waals surface area contributed by atoms with E-state index >= 15 is 0 Å². The van der Waals surface area contributed by atoms with Crippen LogP contribution in [0.2, 0.25) is 0 Å². The molecule has 1 rings (SSSR count). The van der Waals surface area contributed by atoms with Crippen LogP contribution in [0.1, 0.15) is 17.3 Å². The zero-order valence-electron chi connectivity index (χ0n) is 10.9. The summed E-state index contributed by atoms with van der Waals surface area (Å²) in [6.45, 7) is 1.50. The van der Waals surface area contributed by atoms with Crippen molar-refractivity contribution >= 4 is 33.5 Å². The lowest BCUT2D eigenvalue weighted by Crippen LogP contribution is -2.33. The molecule has 0 radical (unpaired) electrons. The average molecular weight is 345 g/mol. The number of amides is 1. The molecular weight excluding hydrogens is 332 g/mol. The molecule has 0 saturated carbocycles. The lowest BCUT2D eigenvalue weighted by atomic mass is 10.1. The molecule has 0 aromatic heterocycles. The second-order valence-electron chi connectivity index (χ2n) is 4.35. The van der Waals surface area contributed by atoms with Crippen molar-refractivity contribution in [2.75, 3.05) is 13.6 Å². The number of halogens is 1. The second-order valence-corrected chi connectivity index (χ2v) is 5.20. The quantitative estimate of drug-likeness (QED) is 0.651. The average Bonchev–Trinajstić information content (AvgIpc) is 2.37. The van der Waals surface area contributed by atoms with E-state index in [1.165, 1.54) is 31.0 Å². The van der Waals surface area contributed by atoms with Crippen LogP contribution in [0.25, 0.3) is 0 Å². The molecule has 108 valence electrons. The highest BCUT2D eigenvalue weighted by atomic mass is 79.9. The van der Waals surface area contributed by atoms with Crippen molar-refractivity contribution < 1.29 is 19.6 Å². The molecule has 0 fully saturated rings. The van der Waals surface area contributed by atoms with Crippen molar-refractivity contribution in [2.24, 2.45) is 5.92 Å². The third-order valence-corrected chi connectivity index (χ3v) is 3.40. The highest BCUT2D eigenvalue weighted by molar-refractivity contribution is 9.10. The van der Waals surface area contributed by atoms with Gasteiger partial charge in [0.1, 0.15) is 0 Å². The highest BCUT2D eigenvalue weighted by Gasteiger charge is 2.22. The molecular formula is C12H13BrN2O5. The number of aliphatic carboxylic acids is 1. The summed E-state index contributed by atoms with van der Waals surface area (Å²) in [5.74, 6) is -2.21. The largest absolute Gasteiger partial charge is 0.481 e. The number of benzene rings is 1. The standard InChI is InChI=1S/C12H13BrN2O5/c1-7(12(17)18)6-14(2)11(16)9-5-8(15(19)20)3-4-10(9)13/h3-5,7H,6H2,1-2H3,(H,17,18). The van der Waals surface area contributed by atoms with Gasteiger partial charge in [-0.1, -0.05) is 6.92 Å². The second kappa shape index (κ2) is 6.47. The summed E-state index contributed by atoms with van der Waals surface area (Å²) in [5, 5.41) is 19.5. The molecule has 8 heteroatoms. The van der Waals surface area contributed by atoms with Crippen molar-refractivity contribution in [2.45, 2.75) is 6.92 Å². The van der Waals surface area contributed by atoms with E-state index in [0.717, 1.165) is 6.07 Å². The molecule has 0 heterocycles. The number of hydrogen-bond acceptors (Lipinski definition) is 4. The summed E-state index contributed by atoms with van der Waals surface area (Å²) in [4.78, 5) is 34.3. The predicted molar refractivity (Wildman–Crippen MR) is 74.6 cm³/mol. The number of carboxylic acid groups (broad SMARTS) is 1. The summed E-state index contributed by atoms with van der Waals surface area (Å²) >= 11 is 3.16. The number of carboxylic acids is 1. The van der Waals surface area contributed by atoms with Gasteiger partial charge in [-0.25, -0.2) is 0 Å². The fourth-order valence-corrected chi connectivity index (χ4v) is 1.98. The van der Waals surface area contributed by atoms with Gasteiger partial charge < -0.3 is 10.0 Å². The SMILES string of the molecule is CC(CN(C)C(=O)c1cc([N+](=O)[O-])ccc1Br)C(=O)O. The number of nitro benzene ring substituents is 1. The molecule has 1 aromatic rings. The Morgan fingerprint density at radius 3 is 2.60 bits per heavy atom. The Kier molecular flexibility index (Phi) is 5.20. The molecule has 0 aliphatic carbocycles. The van der Waals surface area contributed by atoms with Crippen LogP contribution < -0.4 is 0 Å². The van der Waals surface area contributed by atoms with E-state index in [0.29, 0.717) is 4.47 Å². The number of carbonyl (C=O) groups excluding carboxylic acids is 1. The third-order valence-electron chi connectivity index (χ3n) is 2.71. The van der Waals surface area contributed by atoms with E-state index in [1.807, 2.05) is 0 Å². The summed E-state index contributed by atoms with van der Waals surface area (Å²) in [6, 6.07) is 3.86. The van der Waals surface area contributed by atoms with Crippen molar-refractivity contribution in [3.63, 3.8) is 0 Å². The van der Waals surface area contributed by atoms with Crippen LogP contribution in [-0.2, 0) is 4.79 Å². The number of non-ortho nitro benzene ring substituents is 1. The van der Waals surface area contributed by atoms with Crippen LogP contribution in [-0.4, -0.2) is 40.4 Å². The summed E-state index contributed by atoms with van der Waals surface area (Å²) in [7, 11) is 1.45. The first-order valence-electron chi connectivity index (χ1n) is 5.66. The fraction of sp³-hybridized carbons (Fsp3) is 0.333. The molecule has 1 unspecified atom stereocenters. The lowest BCUT2D eigenvalue weighted by Gasteiger charge is -2.20. The number of nitrogens with zero attached hydrogens (tertiary/aromatic N) is 2. The van der Waals surface area contributed by atoms with Crippen LogP contribution in [0.3, 0.4) is 0 Å². The Morgan fingerprint density at radius 1 is 1.50 bits per heavy atom. The van der Waals surface area contributed by atoms with Gasteiger partial charge in [-0.2, -0.15) is 0 Å². The van der Waals surface area contributed by atoms with E-state index in [4.69, 9.17) is 5.11 Å². The zero-order chi connectivity index (χ0) is 15.4. The van der Waals surface area contributed by atoms with Gasteiger partial charge in [0.05, 0.1) is 16.4 Å². The Balaban J connectivity index is 2.99. The van der Waals surface area contributed by atoms with Crippen molar-refractivity contribution in [1.82, 2.24) is 4.90 Å². The summed E-state index contributed by atoms with van der Waals surface area (Å²) < 4.78 is 0.419. The minimum Gasteiger partial charge on any atom is -0.481 e. The van der Waals surface area contributed by atoms with Gasteiger partial charge in [0.2, 0.25) is 0 Å². The molecule has 0 bridgehead atoms. The number of nitro groups is 1. The molecule has 1 amide bonds. The Labute approximate surface area is 123 Å². The van der Waals surface area contributed by atoms with Crippen LogP contribution in [0, 0.1) is 16.0 Å². The minimum atomic E-state index is -1.01. The van der Waals surface area contributed by atoms with Crippen molar-refractivity contribution in [3.05, 3.63) is 38.3 Å². The smallest absolute Gasteiger partial charge is 0.308 e. The molecule has 1 N–H and O–H groups in total. The van der Waals surface area contributed by atoms with Crippen LogP contribution >= 0.6 is 15.9 Å². The first kappa shape index (κ1) is 16.1. The van der Waals surface area contributed by atoms with E-state index in [1.54, 1.807) is 0 Å². The van der Waals surface area contributed by atoms with Crippen LogP contribution in [0.4, 0.5) is 5.69 Å². The van der Waals surface area contributed by atoms with E-state index in [2.05, 4.69) is 15.9 Å². The van der Waals surface area contributed by atoms with E-state index in [9.17, 15) is 19.7 Å². The first-order chi connectivity index (χ1) is 9.23. The molecule has 0 saturated heterocycles. The third kappa shape index (κ3) is 3.77. The molecule has 7 nitrogen and oxygen atoms in total. The molecule has 0 spiro atoms.